The molecule has 1 aliphatic rings. The summed E-state index contributed by atoms with van der Waals surface area (Å²) >= 11 is 0. The van der Waals surface area contributed by atoms with Gasteiger partial charge in [0.05, 0.1) is 36.4 Å². The number of carbonyl (C=O) groups excluding carboxylic acids is 1. The molecular weight excluding hydrogens is 491 g/mol. The number of carbonyl (C=O) groups is 1. The third-order valence-corrected chi connectivity index (χ3v) is 6.11. The lowest BCUT2D eigenvalue weighted by molar-refractivity contribution is -0.141. The van der Waals surface area contributed by atoms with Crippen LogP contribution in [0.1, 0.15) is 54.3 Å². The number of halogens is 3. The van der Waals surface area contributed by atoms with Crippen LogP contribution in [0.3, 0.4) is 0 Å². The summed E-state index contributed by atoms with van der Waals surface area (Å²) in [7, 11) is 1.41. The van der Waals surface area contributed by atoms with Crippen molar-refractivity contribution in [1.82, 2.24) is 19.9 Å². The van der Waals surface area contributed by atoms with Crippen LogP contribution in [0, 0.1) is 6.92 Å². The van der Waals surface area contributed by atoms with Crippen molar-refractivity contribution in [1.29, 1.82) is 0 Å². The normalized spacial score (nSPS) is 19.1. The number of amides is 1. The van der Waals surface area contributed by atoms with Crippen molar-refractivity contribution >= 4 is 22.6 Å². The third-order valence-electron chi connectivity index (χ3n) is 6.11. The molecule has 0 spiro atoms. The molecule has 37 heavy (non-hydrogen) atoms. The first kappa shape index (κ1) is 26.4. The van der Waals surface area contributed by atoms with Crippen molar-refractivity contribution in [3.05, 3.63) is 57.3 Å². The van der Waals surface area contributed by atoms with Crippen molar-refractivity contribution in [3.63, 3.8) is 0 Å². The summed E-state index contributed by atoms with van der Waals surface area (Å²) in [6.07, 6.45) is -4.97. The van der Waals surface area contributed by atoms with Gasteiger partial charge in [-0.05, 0) is 52.0 Å². The molecule has 2 N–H and O–H groups in total. The van der Waals surface area contributed by atoms with Gasteiger partial charge in [-0.1, -0.05) is 0 Å². The number of fused-ring (bicyclic) bond motifs is 1. The number of morpholine rings is 1. The number of aromatic nitrogens is 3. The van der Waals surface area contributed by atoms with Crippen LogP contribution >= 0.6 is 0 Å². The molecule has 3 heterocycles. The summed E-state index contributed by atoms with van der Waals surface area (Å²) in [4.78, 5) is 37.3. The lowest BCUT2D eigenvalue weighted by Gasteiger charge is -2.35. The van der Waals surface area contributed by atoms with Crippen molar-refractivity contribution in [3.8, 4) is 5.75 Å². The van der Waals surface area contributed by atoms with E-state index in [-0.39, 0.29) is 46.3 Å². The van der Waals surface area contributed by atoms with Gasteiger partial charge in [-0.15, -0.1) is 0 Å². The maximum Gasteiger partial charge on any atom is 0.433 e. The number of aromatic amines is 1. The van der Waals surface area contributed by atoms with Gasteiger partial charge < -0.3 is 24.7 Å². The van der Waals surface area contributed by atoms with Crippen LogP contribution in [0.15, 0.2) is 29.1 Å². The first-order valence-corrected chi connectivity index (χ1v) is 11.8. The van der Waals surface area contributed by atoms with Crippen LogP contribution in [-0.4, -0.2) is 58.2 Å². The van der Waals surface area contributed by atoms with Crippen LogP contribution in [-0.2, 0) is 10.9 Å². The van der Waals surface area contributed by atoms with E-state index >= 15 is 0 Å². The largest absolute Gasteiger partial charge is 0.495 e. The molecule has 0 unspecified atom stereocenters. The molecule has 0 radical (unpaired) electrons. The highest BCUT2D eigenvalue weighted by molar-refractivity contribution is 5.95. The maximum atomic E-state index is 13.9. The number of methoxy groups -OCH3 is 1. The fraction of sp³-hybridized carbons (Fsp3) is 0.440. The maximum absolute atomic E-state index is 13.9. The first-order chi connectivity index (χ1) is 17.4. The van der Waals surface area contributed by atoms with Gasteiger partial charge in [0.15, 0.2) is 11.3 Å². The Labute approximate surface area is 211 Å². The standard InChI is InChI=1S/C25H28F3N5O4/c1-12-10-33(11-13(2)37-12)24(35)16-6-7-19(20(8-16)36-5)29-14(3)17-9-18-22(30-15(4)31-23(18)34)32-21(17)25(26,27)28/h6-9,12-14,29H,10-11H2,1-5H3,(H,30,31,32,34)/t12-,13+,14-/m0/s1. The Morgan fingerprint density at radius 2 is 1.89 bits per heavy atom. The second kappa shape index (κ2) is 10.0. The smallest absolute Gasteiger partial charge is 0.433 e. The Kier molecular flexibility index (Phi) is 7.13. The quantitative estimate of drug-likeness (QED) is 0.523. The molecule has 1 saturated heterocycles. The lowest BCUT2D eigenvalue weighted by atomic mass is 10.0. The van der Waals surface area contributed by atoms with E-state index in [4.69, 9.17) is 9.47 Å². The summed E-state index contributed by atoms with van der Waals surface area (Å²) in [5.41, 5.74) is -1.47. The SMILES string of the molecule is COc1cc(C(=O)N2C[C@@H](C)O[C@@H](C)C2)ccc1N[C@@H](C)c1cc2c(=O)[nH]c(C)nc2nc1C(F)(F)F. The number of hydrogen-bond donors (Lipinski definition) is 2. The van der Waals surface area contributed by atoms with Gasteiger partial charge in [0.1, 0.15) is 11.6 Å². The monoisotopic (exact) mass is 519 g/mol. The van der Waals surface area contributed by atoms with Gasteiger partial charge in [0, 0.05) is 24.2 Å². The molecule has 0 saturated carbocycles. The number of nitrogens with zero attached hydrogens (tertiary/aromatic N) is 3. The van der Waals surface area contributed by atoms with Crippen molar-refractivity contribution < 1.29 is 27.4 Å². The minimum atomic E-state index is -4.77. The predicted molar refractivity (Wildman–Crippen MR) is 131 cm³/mol. The zero-order valence-corrected chi connectivity index (χ0v) is 21.1. The summed E-state index contributed by atoms with van der Waals surface area (Å²) in [5, 5.41) is 2.95. The van der Waals surface area contributed by atoms with E-state index in [1.165, 1.54) is 21.0 Å². The molecule has 1 aliphatic heterocycles. The molecule has 0 aliphatic carbocycles. The highest BCUT2D eigenvalue weighted by Gasteiger charge is 2.37. The molecule has 12 heteroatoms. The average Bonchev–Trinajstić information content (AvgIpc) is 2.81. The van der Waals surface area contributed by atoms with Crippen LogP contribution in [0.4, 0.5) is 18.9 Å². The van der Waals surface area contributed by atoms with Crippen LogP contribution in [0.5, 0.6) is 5.75 Å². The van der Waals surface area contributed by atoms with Crippen molar-refractivity contribution in [2.24, 2.45) is 0 Å². The molecule has 3 aromatic rings. The van der Waals surface area contributed by atoms with Gasteiger partial charge in [-0.25, -0.2) is 9.97 Å². The fourth-order valence-corrected chi connectivity index (χ4v) is 4.53. The van der Waals surface area contributed by atoms with Crippen molar-refractivity contribution in [2.45, 2.75) is 52.1 Å². The van der Waals surface area contributed by atoms with Crippen LogP contribution in [0.25, 0.3) is 11.0 Å². The Hall–Kier alpha value is -3.67. The lowest BCUT2D eigenvalue weighted by Crippen LogP contribution is -2.48. The van der Waals surface area contributed by atoms with E-state index in [1.807, 2.05) is 13.8 Å². The fourth-order valence-electron chi connectivity index (χ4n) is 4.53. The number of alkyl halides is 3. The van der Waals surface area contributed by atoms with Crippen molar-refractivity contribution in [2.75, 3.05) is 25.5 Å². The molecule has 198 valence electrons. The third kappa shape index (κ3) is 5.53. The van der Waals surface area contributed by atoms with Crippen LogP contribution < -0.4 is 15.6 Å². The van der Waals surface area contributed by atoms with Crippen LogP contribution in [0.2, 0.25) is 0 Å². The average molecular weight is 520 g/mol. The molecule has 1 fully saturated rings. The zero-order valence-electron chi connectivity index (χ0n) is 21.1. The second-order valence-corrected chi connectivity index (χ2v) is 9.20. The number of anilines is 1. The molecule has 0 bridgehead atoms. The summed E-state index contributed by atoms with van der Waals surface area (Å²) in [6.45, 7) is 7.67. The molecule has 9 nitrogen and oxygen atoms in total. The Morgan fingerprint density at radius 3 is 2.51 bits per heavy atom. The first-order valence-electron chi connectivity index (χ1n) is 11.8. The number of rotatable bonds is 5. The van der Waals surface area contributed by atoms with E-state index in [0.29, 0.717) is 24.3 Å². The molecular formula is C25H28F3N5O4. The van der Waals surface area contributed by atoms with Gasteiger partial charge in [0.25, 0.3) is 11.5 Å². The van der Waals surface area contributed by atoms with Gasteiger partial charge in [0.2, 0.25) is 0 Å². The Balaban J connectivity index is 1.66. The van der Waals surface area contributed by atoms with E-state index < -0.39 is 23.5 Å². The number of nitrogens with one attached hydrogen (secondary N) is 2. The summed E-state index contributed by atoms with van der Waals surface area (Å²) in [5.74, 6) is 0.252. The molecule has 1 amide bonds. The highest BCUT2D eigenvalue weighted by atomic mass is 19.4. The van der Waals surface area contributed by atoms with E-state index in [1.54, 1.807) is 23.1 Å². The summed E-state index contributed by atoms with van der Waals surface area (Å²) < 4.78 is 52.9. The molecule has 2 aromatic heterocycles. The van der Waals surface area contributed by atoms with Gasteiger partial charge >= 0.3 is 6.18 Å². The number of aryl methyl sites for hydroxylation is 1. The molecule has 4 rings (SSSR count). The minimum Gasteiger partial charge on any atom is -0.495 e. The van der Waals surface area contributed by atoms with E-state index in [9.17, 15) is 22.8 Å². The topological polar surface area (TPSA) is 109 Å². The number of hydrogen-bond acceptors (Lipinski definition) is 7. The van der Waals surface area contributed by atoms with E-state index in [0.717, 1.165) is 6.07 Å². The van der Waals surface area contributed by atoms with Gasteiger partial charge in [-0.2, -0.15) is 13.2 Å². The summed E-state index contributed by atoms with van der Waals surface area (Å²) in [6, 6.07) is 4.94. The Bertz CT molecular complexity index is 1380. The zero-order chi connectivity index (χ0) is 27.1. The number of benzene rings is 1. The number of pyridine rings is 1. The number of ether oxygens (including phenoxy) is 2. The molecule has 1 aromatic carbocycles. The molecule has 3 atom stereocenters. The highest BCUT2D eigenvalue weighted by Crippen LogP contribution is 2.37. The minimum absolute atomic E-state index is 0.0517. The number of H-pyrrole nitrogens is 1. The van der Waals surface area contributed by atoms with Gasteiger partial charge in [-0.3, -0.25) is 9.59 Å². The second-order valence-electron chi connectivity index (χ2n) is 9.20. The predicted octanol–water partition coefficient (Wildman–Crippen LogP) is 4.08. The Morgan fingerprint density at radius 1 is 1.22 bits per heavy atom. The van der Waals surface area contributed by atoms with E-state index in [2.05, 4.69) is 20.3 Å².